The first kappa shape index (κ1) is 14.2. The van der Waals surface area contributed by atoms with Crippen LogP contribution < -0.4 is 4.90 Å². The van der Waals surface area contributed by atoms with Gasteiger partial charge in [-0.05, 0) is 31.0 Å². The number of nitrogens with zero attached hydrogens (tertiary/aromatic N) is 1. The number of carbonyl (C=O) groups is 2. The van der Waals surface area contributed by atoms with Crippen molar-refractivity contribution >= 4 is 17.5 Å². The molecule has 4 nitrogen and oxygen atoms in total. The van der Waals surface area contributed by atoms with Gasteiger partial charge in [0.15, 0.2) is 0 Å². The van der Waals surface area contributed by atoms with E-state index < -0.39 is 5.82 Å². The van der Waals surface area contributed by atoms with Crippen molar-refractivity contribution in [1.29, 1.82) is 0 Å². The number of benzene rings is 1. The second-order valence-electron chi connectivity index (χ2n) is 4.45. The molecule has 1 N–H and O–H groups in total. The van der Waals surface area contributed by atoms with Crippen LogP contribution in [0.3, 0.4) is 0 Å². The molecule has 20 heavy (non-hydrogen) atoms. The minimum absolute atomic E-state index is 0.0568. The van der Waals surface area contributed by atoms with Gasteiger partial charge in [-0.3, -0.25) is 14.5 Å². The van der Waals surface area contributed by atoms with Crippen LogP contribution in [-0.4, -0.2) is 23.5 Å². The molecule has 2 rings (SSSR count). The highest BCUT2D eigenvalue weighted by molar-refractivity contribution is 6.15. The topological polar surface area (TPSA) is 57.6 Å². The van der Waals surface area contributed by atoms with E-state index in [0.29, 0.717) is 31.4 Å². The van der Waals surface area contributed by atoms with E-state index in [1.165, 1.54) is 18.2 Å². The number of aliphatic hydroxyl groups is 1. The zero-order valence-corrected chi connectivity index (χ0v) is 10.9. The number of rotatable bonds is 1. The Morgan fingerprint density at radius 1 is 1.20 bits per heavy atom. The number of carbonyl (C=O) groups excluding carboxylic acids is 2. The van der Waals surface area contributed by atoms with Gasteiger partial charge in [0, 0.05) is 12.8 Å². The third-order valence-electron chi connectivity index (χ3n) is 3.04. The van der Waals surface area contributed by atoms with Gasteiger partial charge in [0.25, 0.3) is 0 Å². The van der Waals surface area contributed by atoms with Crippen molar-refractivity contribution in [3.63, 3.8) is 0 Å². The smallest absolute Gasteiger partial charge is 0.233 e. The maximum absolute atomic E-state index is 13.6. The number of anilines is 1. The summed E-state index contributed by atoms with van der Waals surface area (Å²) in [6.45, 7) is -0.384. The van der Waals surface area contributed by atoms with Crippen molar-refractivity contribution in [2.24, 2.45) is 0 Å². The molecule has 1 heterocycles. The van der Waals surface area contributed by atoms with E-state index in [1.807, 2.05) is 0 Å². The molecule has 1 fully saturated rings. The number of halogens is 1. The van der Waals surface area contributed by atoms with E-state index in [1.54, 1.807) is 0 Å². The molecule has 0 bridgehead atoms. The van der Waals surface area contributed by atoms with E-state index >= 15 is 0 Å². The predicted octanol–water partition coefficient (Wildman–Crippen LogP) is 1.60. The van der Waals surface area contributed by atoms with Crippen LogP contribution in [0.15, 0.2) is 18.2 Å². The first-order valence-corrected chi connectivity index (χ1v) is 6.38. The number of aliphatic hydroxyl groups excluding tert-OH is 1. The molecule has 0 aliphatic carbocycles. The zero-order valence-electron chi connectivity index (χ0n) is 10.9. The molecule has 1 saturated heterocycles. The summed E-state index contributed by atoms with van der Waals surface area (Å²) < 4.78 is 13.6. The number of imide groups is 1. The highest BCUT2D eigenvalue weighted by atomic mass is 19.1. The SMILES string of the molecule is O=C1CCCCC(=O)N1c1ccc(F)c(C#CCO)c1. The molecule has 0 atom stereocenters. The van der Waals surface area contributed by atoms with Gasteiger partial charge in [-0.2, -0.15) is 0 Å². The van der Waals surface area contributed by atoms with Gasteiger partial charge >= 0.3 is 0 Å². The molecule has 104 valence electrons. The Labute approximate surface area is 116 Å². The average Bonchev–Trinajstić information content (AvgIpc) is 2.59. The standard InChI is InChI=1S/C15H14FNO3/c16-13-8-7-12(10-11(13)4-3-9-18)17-14(19)5-1-2-6-15(17)20/h7-8,10,18H,1-2,5-6,9H2. The Hall–Kier alpha value is -2.19. The summed E-state index contributed by atoms with van der Waals surface area (Å²) in [5, 5.41) is 8.64. The van der Waals surface area contributed by atoms with Crippen LogP contribution in [-0.2, 0) is 9.59 Å². The van der Waals surface area contributed by atoms with Crippen LogP contribution in [0.5, 0.6) is 0 Å². The summed E-state index contributed by atoms with van der Waals surface area (Å²) in [4.78, 5) is 25.0. The van der Waals surface area contributed by atoms with Crippen LogP contribution in [0.25, 0.3) is 0 Å². The molecule has 0 radical (unpaired) electrons. The van der Waals surface area contributed by atoms with E-state index in [-0.39, 0.29) is 24.0 Å². The van der Waals surface area contributed by atoms with Gasteiger partial charge in [0.05, 0.1) is 11.3 Å². The summed E-state index contributed by atoms with van der Waals surface area (Å²) in [6, 6.07) is 3.92. The van der Waals surface area contributed by atoms with Crippen molar-refractivity contribution < 1.29 is 19.1 Å². The largest absolute Gasteiger partial charge is 0.384 e. The fourth-order valence-electron chi connectivity index (χ4n) is 2.09. The third-order valence-corrected chi connectivity index (χ3v) is 3.04. The Kier molecular flexibility index (Phi) is 4.49. The average molecular weight is 275 g/mol. The second-order valence-corrected chi connectivity index (χ2v) is 4.45. The first-order valence-electron chi connectivity index (χ1n) is 6.38. The number of hydrogen-bond acceptors (Lipinski definition) is 3. The molecule has 0 spiro atoms. The number of hydrogen-bond donors (Lipinski definition) is 1. The van der Waals surface area contributed by atoms with E-state index in [0.717, 1.165) is 4.90 Å². The van der Waals surface area contributed by atoms with Gasteiger partial charge in [-0.15, -0.1) is 0 Å². The van der Waals surface area contributed by atoms with Crippen molar-refractivity contribution in [3.8, 4) is 11.8 Å². The Balaban J connectivity index is 2.40. The van der Waals surface area contributed by atoms with Crippen molar-refractivity contribution in [2.45, 2.75) is 25.7 Å². The highest BCUT2D eigenvalue weighted by Crippen LogP contribution is 2.23. The lowest BCUT2D eigenvalue weighted by molar-refractivity contribution is -0.125. The molecular weight excluding hydrogens is 261 g/mol. The zero-order chi connectivity index (χ0) is 14.5. The fraction of sp³-hybridized carbons (Fsp3) is 0.333. The minimum Gasteiger partial charge on any atom is -0.384 e. The maximum Gasteiger partial charge on any atom is 0.233 e. The van der Waals surface area contributed by atoms with Crippen LogP contribution in [0.1, 0.15) is 31.2 Å². The van der Waals surface area contributed by atoms with Crippen molar-refractivity contribution in [2.75, 3.05) is 11.5 Å². The van der Waals surface area contributed by atoms with Gasteiger partial charge in [0.2, 0.25) is 11.8 Å². The summed E-state index contributed by atoms with van der Waals surface area (Å²) in [5.41, 5.74) is 0.381. The minimum atomic E-state index is -0.551. The summed E-state index contributed by atoms with van der Waals surface area (Å²) in [6.07, 6.45) is 1.97. The van der Waals surface area contributed by atoms with Gasteiger partial charge in [0.1, 0.15) is 12.4 Å². The normalized spacial score (nSPS) is 15.6. The van der Waals surface area contributed by atoms with Crippen molar-refractivity contribution in [3.05, 3.63) is 29.6 Å². The monoisotopic (exact) mass is 275 g/mol. The third kappa shape index (κ3) is 3.03. The second kappa shape index (κ2) is 6.31. The summed E-state index contributed by atoms with van der Waals surface area (Å²) in [5.74, 6) is 3.70. The molecule has 0 saturated carbocycles. The van der Waals surface area contributed by atoms with Crippen LogP contribution in [0, 0.1) is 17.7 Å². The lowest BCUT2D eigenvalue weighted by Gasteiger charge is -2.19. The van der Waals surface area contributed by atoms with Gasteiger partial charge in [-0.1, -0.05) is 11.8 Å². The molecule has 1 aliphatic rings. The molecule has 2 amide bonds. The van der Waals surface area contributed by atoms with Gasteiger partial charge < -0.3 is 5.11 Å². The lowest BCUT2D eigenvalue weighted by Crippen LogP contribution is -2.35. The molecule has 0 aromatic heterocycles. The van der Waals surface area contributed by atoms with E-state index in [9.17, 15) is 14.0 Å². The summed E-state index contributed by atoms with van der Waals surface area (Å²) >= 11 is 0. The van der Waals surface area contributed by atoms with Crippen LogP contribution >= 0.6 is 0 Å². The molecule has 5 heteroatoms. The Morgan fingerprint density at radius 2 is 1.85 bits per heavy atom. The molecule has 1 aliphatic heterocycles. The quantitative estimate of drug-likeness (QED) is 0.625. The molecular formula is C15H14FNO3. The molecule has 1 aromatic rings. The molecule has 0 unspecified atom stereocenters. The lowest BCUT2D eigenvalue weighted by atomic mass is 10.1. The van der Waals surface area contributed by atoms with E-state index in [4.69, 9.17) is 5.11 Å². The van der Waals surface area contributed by atoms with Crippen molar-refractivity contribution in [1.82, 2.24) is 0 Å². The van der Waals surface area contributed by atoms with E-state index in [2.05, 4.69) is 11.8 Å². The molecule has 1 aromatic carbocycles. The first-order chi connectivity index (χ1) is 9.63. The van der Waals surface area contributed by atoms with Gasteiger partial charge in [-0.25, -0.2) is 4.39 Å². The maximum atomic E-state index is 13.6. The van der Waals surface area contributed by atoms with Crippen LogP contribution in [0.4, 0.5) is 10.1 Å². The number of amides is 2. The van der Waals surface area contributed by atoms with Crippen LogP contribution in [0.2, 0.25) is 0 Å². The summed E-state index contributed by atoms with van der Waals surface area (Å²) in [7, 11) is 0. The fourth-order valence-corrected chi connectivity index (χ4v) is 2.09. The Morgan fingerprint density at radius 3 is 2.45 bits per heavy atom. The predicted molar refractivity (Wildman–Crippen MR) is 71.3 cm³/mol. The Bertz CT molecular complexity index is 583. The highest BCUT2D eigenvalue weighted by Gasteiger charge is 2.26.